The van der Waals surface area contributed by atoms with Gasteiger partial charge in [0.2, 0.25) is 0 Å². The smallest absolute Gasteiger partial charge is 0.181 e. The molecule has 14 heavy (non-hydrogen) atoms. The summed E-state index contributed by atoms with van der Waals surface area (Å²) in [4.78, 5) is 11.5. The first-order chi connectivity index (χ1) is 6.60. The number of alkyl halides is 1. The second-order valence-electron chi connectivity index (χ2n) is 2.86. The fourth-order valence-electron chi connectivity index (χ4n) is 1.28. The molecule has 4 heteroatoms. The SMILES string of the molecule is COc1c(C)cc(I)cc1C(=O)CCl. The minimum atomic E-state index is -0.106. The first kappa shape index (κ1) is 11.8. The van der Waals surface area contributed by atoms with Crippen LogP contribution in [0.15, 0.2) is 12.1 Å². The summed E-state index contributed by atoms with van der Waals surface area (Å²) in [6, 6.07) is 3.75. The van der Waals surface area contributed by atoms with Crippen LogP contribution in [0.5, 0.6) is 5.75 Å². The number of hydrogen-bond donors (Lipinski definition) is 0. The van der Waals surface area contributed by atoms with Gasteiger partial charge in [-0.15, -0.1) is 11.6 Å². The number of aryl methyl sites for hydroxylation is 1. The van der Waals surface area contributed by atoms with Crippen LogP contribution in [0.1, 0.15) is 15.9 Å². The highest BCUT2D eigenvalue weighted by atomic mass is 127. The van der Waals surface area contributed by atoms with Crippen LogP contribution in [0, 0.1) is 10.5 Å². The van der Waals surface area contributed by atoms with Crippen LogP contribution in [0.25, 0.3) is 0 Å². The second kappa shape index (κ2) is 4.98. The van der Waals surface area contributed by atoms with Gasteiger partial charge in [0.1, 0.15) is 5.75 Å². The predicted molar refractivity (Wildman–Crippen MR) is 65.5 cm³/mol. The van der Waals surface area contributed by atoms with Gasteiger partial charge in [0.05, 0.1) is 18.6 Å². The summed E-state index contributed by atoms with van der Waals surface area (Å²) in [7, 11) is 1.56. The molecule has 0 radical (unpaired) electrons. The maximum absolute atomic E-state index is 11.5. The number of rotatable bonds is 3. The van der Waals surface area contributed by atoms with Crippen LogP contribution < -0.4 is 4.74 Å². The van der Waals surface area contributed by atoms with Crippen molar-refractivity contribution in [2.24, 2.45) is 0 Å². The lowest BCUT2D eigenvalue weighted by molar-refractivity contribution is 0.101. The van der Waals surface area contributed by atoms with Crippen LogP contribution in [-0.4, -0.2) is 18.8 Å². The van der Waals surface area contributed by atoms with Gasteiger partial charge in [-0.3, -0.25) is 4.79 Å². The fourth-order valence-corrected chi connectivity index (χ4v) is 2.20. The van der Waals surface area contributed by atoms with Crippen molar-refractivity contribution < 1.29 is 9.53 Å². The predicted octanol–water partition coefficient (Wildman–Crippen LogP) is 3.03. The number of ether oxygens (including phenoxy) is 1. The van der Waals surface area contributed by atoms with E-state index < -0.39 is 0 Å². The summed E-state index contributed by atoms with van der Waals surface area (Å²) >= 11 is 7.68. The molecule has 0 aromatic heterocycles. The van der Waals surface area contributed by atoms with Crippen LogP contribution in [0.3, 0.4) is 0 Å². The first-order valence-corrected chi connectivity index (χ1v) is 5.64. The van der Waals surface area contributed by atoms with Crippen LogP contribution >= 0.6 is 34.2 Å². The normalized spacial score (nSPS) is 10.0. The van der Waals surface area contributed by atoms with E-state index in [1.807, 2.05) is 13.0 Å². The molecular formula is C10H10ClIO2. The number of ketones is 1. The number of Topliss-reactive ketones (excluding diaryl/α,β-unsaturated/α-hetero) is 1. The molecule has 0 atom stereocenters. The van der Waals surface area contributed by atoms with Crippen LogP contribution in [0.2, 0.25) is 0 Å². The Kier molecular flexibility index (Phi) is 4.19. The molecule has 0 aliphatic rings. The van der Waals surface area contributed by atoms with Crippen molar-refractivity contribution in [3.63, 3.8) is 0 Å². The van der Waals surface area contributed by atoms with Gasteiger partial charge in [0, 0.05) is 3.57 Å². The molecule has 0 saturated heterocycles. The molecule has 1 aromatic rings. The van der Waals surface area contributed by atoms with E-state index in [4.69, 9.17) is 16.3 Å². The minimum absolute atomic E-state index is 0.0180. The number of carbonyl (C=O) groups is 1. The number of benzene rings is 1. The van der Waals surface area contributed by atoms with E-state index in [-0.39, 0.29) is 11.7 Å². The highest BCUT2D eigenvalue weighted by Crippen LogP contribution is 2.26. The molecule has 0 aliphatic carbocycles. The molecule has 0 bridgehead atoms. The third-order valence-corrected chi connectivity index (χ3v) is 2.73. The van der Waals surface area contributed by atoms with Gasteiger partial charge in [0.25, 0.3) is 0 Å². The Morgan fingerprint density at radius 1 is 1.57 bits per heavy atom. The van der Waals surface area contributed by atoms with E-state index in [1.54, 1.807) is 13.2 Å². The van der Waals surface area contributed by atoms with Gasteiger partial charge < -0.3 is 4.74 Å². The van der Waals surface area contributed by atoms with E-state index in [1.165, 1.54) is 0 Å². The average molecular weight is 325 g/mol. The molecule has 1 aromatic carbocycles. The van der Waals surface area contributed by atoms with Crippen molar-refractivity contribution in [2.75, 3.05) is 13.0 Å². The van der Waals surface area contributed by atoms with E-state index in [0.29, 0.717) is 11.3 Å². The molecule has 2 nitrogen and oxygen atoms in total. The molecule has 0 heterocycles. The third-order valence-electron chi connectivity index (χ3n) is 1.87. The van der Waals surface area contributed by atoms with Gasteiger partial charge >= 0.3 is 0 Å². The molecule has 0 aliphatic heterocycles. The molecule has 0 spiro atoms. The van der Waals surface area contributed by atoms with Gasteiger partial charge in [0.15, 0.2) is 5.78 Å². The highest BCUT2D eigenvalue weighted by Gasteiger charge is 2.14. The largest absolute Gasteiger partial charge is 0.496 e. The molecule has 0 N–H and O–H groups in total. The van der Waals surface area contributed by atoms with Crippen molar-refractivity contribution in [3.8, 4) is 5.75 Å². The number of methoxy groups -OCH3 is 1. The lowest BCUT2D eigenvalue weighted by Gasteiger charge is -2.10. The molecule has 76 valence electrons. The fraction of sp³-hybridized carbons (Fsp3) is 0.300. The average Bonchev–Trinajstić information content (AvgIpc) is 2.15. The topological polar surface area (TPSA) is 26.3 Å². The monoisotopic (exact) mass is 324 g/mol. The zero-order valence-corrected chi connectivity index (χ0v) is 10.8. The van der Waals surface area contributed by atoms with Gasteiger partial charge in [-0.1, -0.05) is 0 Å². The molecule has 0 unspecified atom stereocenters. The lowest BCUT2D eigenvalue weighted by atomic mass is 10.1. The van der Waals surface area contributed by atoms with Crippen LogP contribution in [-0.2, 0) is 0 Å². The summed E-state index contributed by atoms with van der Waals surface area (Å²) in [6.07, 6.45) is 0. The maximum atomic E-state index is 11.5. The standard InChI is InChI=1S/C10H10ClIO2/c1-6-3-7(12)4-8(9(13)5-11)10(6)14-2/h3-4H,5H2,1-2H3. The van der Waals surface area contributed by atoms with E-state index in [2.05, 4.69) is 22.6 Å². The lowest BCUT2D eigenvalue weighted by Crippen LogP contribution is -2.05. The van der Waals surface area contributed by atoms with E-state index in [0.717, 1.165) is 9.13 Å². The number of halogens is 2. The Labute approximate surface area is 102 Å². The Balaban J connectivity index is 3.32. The zero-order valence-electron chi connectivity index (χ0n) is 7.93. The number of carbonyl (C=O) groups excluding carboxylic acids is 1. The van der Waals surface area contributed by atoms with Crippen molar-refractivity contribution in [3.05, 3.63) is 26.8 Å². The summed E-state index contributed by atoms with van der Waals surface area (Å²) in [5.74, 6) is 0.497. The Morgan fingerprint density at radius 2 is 2.21 bits per heavy atom. The molecule has 1 rings (SSSR count). The van der Waals surface area contributed by atoms with Gasteiger partial charge in [-0.2, -0.15) is 0 Å². The second-order valence-corrected chi connectivity index (χ2v) is 4.37. The maximum Gasteiger partial charge on any atom is 0.181 e. The highest BCUT2D eigenvalue weighted by molar-refractivity contribution is 14.1. The first-order valence-electron chi connectivity index (χ1n) is 4.03. The Hall–Kier alpha value is -0.290. The van der Waals surface area contributed by atoms with Crippen molar-refractivity contribution in [1.29, 1.82) is 0 Å². The summed E-state index contributed by atoms with van der Waals surface area (Å²) in [6.45, 7) is 1.91. The molecule has 0 saturated carbocycles. The Morgan fingerprint density at radius 3 is 2.71 bits per heavy atom. The number of hydrogen-bond acceptors (Lipinski definition) is 2. The zero-order chi connectivity index (χ0) is 10.7. The summed E-state index contributed by atoms with van der Waals surface area (Å²) in [5, 5.41) is 0. The van der Waals surface area contributed by atoms with Crippen molar-refractivity contribution >= 4 is 40.0 Å². The van der Waals surface area contributed by atoms with E-state index in [9.17, 15) is 4.79 Å². The quantitative estimate of drug-likeness (QED) is 0.485. The van der Waals surface area contributed by atoms with Gasteiger partial charge in [-0.25, -0.2) is 0 Å². The third kappa shape index (κ3) is 2.39. The summed E-state index contributed by atoms with van der Waals surface area (Å²) in [5.41, 5.74) is 1.51. The molecule has 0 fully saturated rings. The minimum Gasteiger partial charge on any atom is -0.496 e. The Bertz CT molecular complexity index is 363. The van der Waals surface area contributed by atoms with Crippen molar-refractivity contribution in [2.45, 2.75) is 6.92 Å². The van der Waals surface area contributed by atoms with Gasteiger partial charge in [-0.05, 0) is 47.2 Å². The van der Waals surface area contributed by atoms with E-state index >= 15 is 0 Å². The van der Waals surface area contributed by atoms with Crippen LogP contribution in [0.4, 0.5) is 0 Å². The van der Waals surface area contributed by atoms with Crippen molar-refractivity contribution in [1.82, 2.24) is 0 Å². The molecular weight excluding hydrogens is 314 g/mol. The molecule has 0 amide bonds. The summed E-state index contributed by atoms with van der Waals surface area (Å²) < 4.78 is 6.18.